The second kappa shape index (κ2) is 6.01. The van der Waals surface area contributed by atoms with E-state index in [4.69, 9.17) is 0 Å². The molecule has 0 spiro atoms. The lowest BCUT2D eigenvalue weighted by atomic mass is 10.1. The van der Waals surface area contributed by atoms with Gasteiger partial charge in [-0.1, -0.05) is 15.9 Å². The first-order valence-corrected chi connectivity index (χ1v) is 8.02. The van der Waals surface area contributed by atoms with Gasteiger partial charge in [0.2, 0.25) is 5.67 Å². The zero-order valence-electron chi connectivity index (χ0n) is 12.8. The Labute approximate surface area is 144 Å². The van der Waals surface area contributed by atoms with Gasteiger partial charge in [0.1, 0.15) is 5.69 Å². The number of nitrogens with zero attached hydrogens (tertiary/aromatic N) is 1. The van der Waals surface area contributed by atoms with Gasteiger partial charge in [-0.15, -0.1) is 0 Å². The van der Waals surface area contributed by atoms with Crippen molar-refractivity contribution in [3.05, 3.63) is 44.7 Å². The van der Waals surface area contributed by atoms with Gasteiger partial charge in [0.05, 0.1) is 13.7 Å². The van der Waals surface area contributed by atoms with Gasteiger partial charge >= 0.3 is 5.97 Å². The molecule has 8 heteroatoms. The fourth-order valence-electron chi connectivity index (χ4n) is 2.80. The molecule has 1 fully saturated rings. The van der Waals surface area contributed by atoms with Crippen LogP contribution in [0.1, 0.15) is 16.9 Å². The zero-order valence-corrected chi connectivity index (χ0v) is 14.4. The molecule has 1 aromatic carbocycles. The maximum atomic E-state index is 14.5. The Morgan fingerprint density at radius 1 is 1.38 bits per heavy atom. The summed E-state index contributed by atoms with van der Waals surface area (Å²) in [6.45, 7) is -0.316. The van der Waals surface area contributed by atoms with Crippen LogP contribution in [0, 0.1) is 0 Å². The number of likely N-dealkylation sites (tertiary alicyclic amines) is 1. The zero-order chi connectivity index (χ0) is 17.5. The number of esters is 1. The van der Waals surface area contributed by atoms with Crippen molar-refractivity contribution in [1.29, 1.82) is 0 Å². The highest BCUT2D eigenvalue weighted by molar-refractivity contribution is 9.10. The van der Waals surface area contributed by atoms with Crippen molar-refractivity contribution in [1.82, 2.24) is 9.88 Å². The van der Waals surface area contributed by atoms with E-state index in [1.807, 2.05) is 0 Å². The van der Waals surface area contributed by atoms with E-state index in [2.05, 4.69) is 25.7 Å². The highest BCUT2D eigenvalue weighted by Gasteiger charge is 2.48. The molecule has 3 rings (SSSR count). The molecule has 0 unspecified atom stereocenters. The summed E-state index contributed by atoms with van der Waals surface area (Å²) < 4.78 is 19.7. The molecule has 1 atom stereocenters. The van der Waals surface area contributed by atoms with E-state index in [0.29, 0.717) is 10.9 Å². The number of pyridine rings is 1. The number of rotatable bonds is 2. The van der Waals surface area contributed by atoms with E-state index in [0.717, 1.165) is 11.6 Å². The third-order valence-corrected chi connectivity index (χ3v) is 4.57. The second-order valence-corrected chi connectivity index (χ2v) is 6.59. The summed E-state index contributed by atoms with van der Waals surface area (Å²) in [5.74, 6) is -1.52. The number of ether oxygens (including phenoxy) is 1. The Kier molecular flexibility index (Phi) is 4.16. The molecule has 1 aliphatic rings. The molecule has 1 aliphatic heterocycles. The Bertz CT molecular complexity index is 897. The Morgan fingerprint density at radius 2 is 2.12 bits per heavy atom. The van der Waals surface area contributed by atoms with Crippen molar-refractivity contribution in [3.63, 3.8) is 0 Å². The van der Waals surface area contributed by atoms with Crippen LogP contribution in [-0.2, 0) is 9.53 Å². The first-order valence-electron chi connectivity index (χ1n) is 7.23. The van der Waals surface area contributed by atoms with E-state index in [-0.39, 0.29) is 30.6 Å². The normalized spacial score (nSPS) is 20.4. The average molecular weight is 397 g/mol. The van der Waals surface area contributed by atoms with Gasteiger partial charge in [0.15, 0.2) is 5.43 Å². The van der Waals surface area contributed by atoms with E-state index in [1.54, 1.807) is 18.2 Å². The van der Waals surface area contributed by atoms with E-state index in [1.165, 1.54) is 11.0 Å². The van der Waals surface area contributed by atoms with Crippen LogP contribution < -0.4 is 5.43 Å². The predicted octanol–water partition coefficient (Wildman–Crippen LogP) is 2.02. The van der Waals surface area contributed by atoms with Crippen LogP contribution in [0.15, 0.2) is 33.5 Å². The molecule has 0 bridgehead atoms. The van der Waals surface area contributed by atoms with Crippen molar-refractivity contribution < 1.29 is 18.7 Å². The van der Waals surface area contributed by atoms with E-state index < -0.39 is 17.5 Å². The Morgan fingerprint density at radius 3 is 2.83 bits per heavy atom. The lowest BCUT2D eigenvalue weighted by Gasteiger charge is -2.19. The van der Waals surface area contributed by atoms with Crippen LogP contribution in [0.5, 0.6) is 0 Å². The van der Waals surface area contributed by atoms with Crippen LogP contribution >= 0.6 is 15.9 Å². The number of aromatic amines is 1. The molecule has 0 saturated carbocycles. The standard InChI is InChI=1S/C16H14BrFN2O4/c1-24-15(23)16(18)4-5-20(8-16)14(22)12-7-13(21)10-6-9(17)2-3-11(10)19-12/h2-3,6-7H,4-5,8H2,1H3,(H,19,21)/t16-/m0/s1. The molecule has 24 heavy (non-hydrogen) atoms. The lowest BCUT2D eigenvalue weighted by molar-refractivity contribution is -0.153. The Balaban J connectivity index is 1.91. The molecule has 0 radical (unpaired) electrons. The number of H-pyrrole nitrogens is 1. The fraction of sp³-hybridized carbons (Fsp3) is 0.312. The summed E-state index contributed by atoms with van der Waals surface area (Å²) in [4.78, 5) is 40.3. The minimum Gasteiger partial charge on any atom is -0.467 e. The van der Waals surface area contributed by atoms with Crippen LogP contribution in [-0.4, -0.2) is 47.6 Å². The summed E-state index contributed by atoms with van der Waals surface area (Å²) in [6, 6.07) is 6.26. The van der Waals surface area contributed by atoms with Gasteiger partial charge in [-0.25, -0.2) is 9.18 Å². The maximum absolute atomic E-state index is 14.5. The molecule has 6 nitrogen and oxygen atoms in total. The van der Waals surface area contributed by atoms with Crippen molar-refractivity contribution in [3.8, 4) is 0 Å². The minimum absolute atomic E-state index is 0.0592. The monoisotopic (exact) mass is 396 g/mol. The smallest absolute Gasteiger partial charge is 0.345 e. The molecule has 1 aromatic heterocycles. The Hall–Kier alpha value is -2.22. The van der Waals surface area contributed by atoms with Gasteiger partial charge in [-0.05, 0) is 18.2 Å². The summed E-state index contributed by atoms with van der Waals surface area (Å²) in [6.07, 6.45) is -0.129. The van der Waals surface area contributed by atoms with E-state index in [9.17, 15) is 18.8 Å². The fourth-order valence-corrected chi connectivity index (χ4v) is 3.16. The molecule has 1 saturated heterocycles. The number of carbonyl (C=O) groups is 2. The summed E-state index contributed by atoms with van der Waals surface area (Å²) >= 11 is 3.29. The predicted molar refractivity (Wildman–Crippen MR) is 88.6 cm³/mol. The van der Waals surface area contributed by atoms with Crippen molar-refractivity contribution >= 4 is 38.7 Å². The highest BCUT2D eigenvalue weighted by Crippen LogP contribution is 2.28. The summed E-state index contributed by atoms with van der Waals surface area (Å²) in [7, 11) is 1.10. The summed E-state index contributed by atoms with van der Waals surface area (Å²) in [5.41, 5.74) is -1.95. The van der Waals surface area contributed by atoms with Crippen LogP contribution in [0.3, 0.4) is 0 Å². The van der Waals surface area contributed by atoms with E-state index >= 15 is 0 Å². The average Bonchev–Trinajstić information content (AvgIpc) is 2.97. The number of hydrogen-bond donors (Lipinski definition) is 1. The molecule has 1 amide bonds. The van der Waals surface area contributed by atoms with Gasteiger partial charge < -0.3 is 14.6 Å². The number of fused-ring (bicyclic) bond motifs is 1. The van der Waals surface area contributed by atoms with Crippen LogP contribution in [0.4, 0.5) is 4.39 Å². The van der Waals surface area contributed by atoms with Crippen molar-refractivity contribution in [2.24, 2.45) is 0 Å². The molecule has 1 N–H and O–H groups in total. The molecular formula is C16H14BrFN2O4. The second-order valence-electron chi connectivity index (χ2n) is 5.67. The first kappa shape index (κ1) is 16.6. The maximum Gasteiger partial charge on any atom is 0.345 e. The van der Waals surface area contributed by atoms with Crippen LogP contribution in [0.2, 0.25) is 0 Å². The number of hydrogen-bond acceptors (Lipinski definition) is 4. The number of nitrogens with one attached hydrogen (secondary N) is 1. The van der Waals surface area contributed by atoms with Gasteiger partial charge in [0, 0.05) is 34.4 Å². The van der Waals surface area contributed by atoms with Crippen LogP contribution in [0.25, 0.3) is 10.9 Å². The van der Waals surface area contributed by atoms with Gasteiger partial charge in [0.25, 0.3) is 5.91 Å². The number of benzene rings is 1. The molecule has 2 heterocycles. The first-order chi connectivity index (χ1) is 11.3. The molecule has 2 aromatic rings. The van der Waals surface area contributed by atoms with Gasteiger partial charge in [-0.3, -0.25) is 9.59 Å². The third-order valence-electron chi connectivity index (χ3n) is 4.08. The molecule has 0 aliphatic carbocycles. The quantitative estimate of drug-likeness (QED) is 0.787. The summed E-state index contributed by atoms with van der Waals surface area (Å²) in [5, 5.41) is 0.441. The third kappa shape index (κ3) is 2.82. The largest absolute Gasteiger partial charge is 0.467 e. The number of alkyl halides is 1. The number of aromatic nitrogens is 1. The lowest BCUT2D eigenvalue weighted by Crippen LogP contribution is -2.40. The number of carbonyl (C=O) groups excluding carboxylic acids is 2. The number of amides is 1. The molecular weight excluding hydrogens is 383 g/mol. The van der Waals surface area contributed by atoms with Gasteiger partial charge in [-0.2, -0.15) is 0 Å². The van der Waals surface area contributed by atoms with Crippen molar-refractivity contribution in [2.75, 3.05) is 20.2 Å². The van der Waals surface area contributed by atoms with Crippen molar-refractivity contribution in [2.45, 2.75) is 12.1 Å². The SMILES string of the molecule is COC(=O)[C@]1(F)CCN(C(=O)c2cc(=O)c3cc(Br)ccc3[nH]2)C1. The highest BCUT2D eigenvalue weighted by atomic mass is 79.9. The molecule has 126 valence electrons. The number of methoxy groups -OCH3 is 1. The topological polar surface area (TPSA) is 79.5 Å². The minimum atomic E-state index is -2.20. The number of halogens is 2.